The Morgan fingerprint density at radius 2 is 2.14 bits per heavy atom. The van der Waals surface area contributed by atoms with E-state index in [2.05, 4.69) is 15.6 Å². The van der Waals surface area contributed by atoms with E-state index >= 15 is 0 Å². The lowest BCUT2D eigenvalue weighted by Gasteiger charge is -2.08. The van der Waals surface area contributed by atoms with Gasteiger partial charge in [-0.25, -0.2) is 4.98 Å². The lowest BCUT2D eigenvalue weighted by atomic mass is 10.2. The summed E-state index contributed by atoms with van der Waals surface area (Å²) in [4.78, 5) is 29.0. The van der Waals surface area contributed by atoms with Crippen molar-refractivity contribution in [2.24, 2.45) is 0 Å². The van der Waals surface area contributed by atoms with Crippen molar-refractivity contribution < 1.29 is 9.59 Å². The van der Waals surface area contributed by atoms with E-state index < -0.39 is 0 Å². The number of hydrogen-bond acceptors (Lipinski definition) is 5. The van der Waals surface area contributed by atoms with Crippen molar-refractivity contribution in [3.8, 4) is 0 Å². The Hall–Kier alpha value is -2.15. The first kappa shape index (κ1) is 15.2. The van der Waals surface area contributed by atoms with E-state index in [-0.39, 0.29) is 24.4 Å². The molecule has 0 fully saturated rings. The molecule has 2 aromatic heterocycles. The third kappa shape index (κ3) is 3.30. The maximum atomic E-state index is 12.1. The molecule has 0 aromatic carbocycles. The Labute approximate surface area is 126 Å². The fraction of sp³-hybridized carbons (Fsp3) is 0.357. The molecular weight excluding hydrogens is 288 g/mol. The number of hydrogen-bond donors (Lipinski definition) is 3. The second-order valence-electron chi connectivity index (χ2n) is 5.06. The van der Waals surface area contributed by atoms with Crippen molar-refractivity contribution in [2.75, 3.05) is 12.3 Å². The first-order chi connectivity index (χ1) is 9.90. The summed E-state index contributed by atoms with van der Waals surface area (Å²) >= 11 is 1.23. The van der Waals surface area contributed by atoms with Crippen LogP contribution in [0, 0.1) is 6.92 Å². The summed E-state index contributed by atoms with van der Waals surface area (Å²) in [5.41, 5.74) is 7.43. The van der Waals surface area contributed by atoms with Gasteiger partial charge in [-0.15, -0.1) is 11.3 Å². The molecule has 21 heavy (non-hydrogen) atoms. The van der Waals surface area contributed by atoms with Crippen molar-refractivity contribution in [1.82, 2.24) is 15.6 Å². The van der Waals surface area contributed by atoms with Crippen LogP contribution in [0.25, 0.3) is 10.2 Å². The van der Waals surface area contributed by atoms with Gasteiger partial charge in [0.2, 0.25) is 5.91 Å². The van der Waals surface area contributed by atoms with E-state index in [4.69, 9.17) is 5.73 Å². The van der Waals surface area contributed by atoms with Crippen LogP contribution in [0.4, 0.5) is 5.69 Å². The minimum atomic E-state index is -0.353. The summed E-state index contributed by atoms with van der Waals surface area (Å²) in [6, 6.07) is 1.89. The highest BCUT2D eigenvalue weighted by atomic mass is 32.1. The van der Waals surface area contributed by atoms with Gasteiger partial charge >= 0.3 is 0 Å². The Kier molecular flexibility index (Phi) is 4.42. The van der Waals surface area contributed by atoms with Gasteiger partial charge in [0, 0.05) is 17.6 Å². The maximum absolute atomic E-state index is 12.1. The van der Waals surface area contributed by atoms with E-state index in [0.717, 1.165) is 15.8 Å². The molecule has 0 unspecified atom stereocenters. The Morgan fingerprint density at radius 3 is 2.76 bits per heavy atom. The van der Waals surface area contributed by atoms with Crippen LogP contribution in [0.5, 0.6) is 0 Å². The van der Waals surface area contributed by atoms with E-state index in [1.807, 2.05) is 26.8 Å². The number of fused-ring (bicyclic) bond motifs is 1. The Balaban J connectivity index is 2.15. The van der Waals surface area contributed by atoms with Crippen LogP contribution in [0.2, 0.25) is 0 Å². The summed E-state index contributed by atoms with van der Waals surface area (Å²) in [5.74, 6) is -0.582. The third-order valence-corrected chi connectivity index (χ3v) is 4.01. The van der Waals surface area contributed by atoms with Gasteiger partial charge in [0.05, 0.1) is 12.2 Å². The molecule has 0 atom stereocenters. The summed E-state index contributed by atoms with van der Waals surface area (Å²) in [6.07, 6.45) is 1.69. The number of amides is 2. The zero-order chi connectivity index (χ0) is 15.6. The lowest BCUT2D eigenvalue weighted by molar-refractivity contribution is -0.120. The fourth-order valence-corrected chi connectivity index (χ4v) is 3.04. The smallest absolute Gasteiger partial charge is 0.264 e. The molecule has 0 spiro atoms. The largest absolute Gasteiger partial charge is 0.397 e. The predicted molar refractivity (Wildman–Crippen MR) is 84.4 cm³/mol. The van der Waals surface area contributed by atoms with Crippen LogP contribution in [-0.4, -0.2) is 29.4 Å². The van der Waals surface area contributed by atoms with Crippen LogP contribution in [0.15, 0.2) is 12.3 Å². The number of nitrogens with one attached hydrogen (secondary N) is 2. The van der Waals surface area contributed by atoms with Gasteiger partial charge in [-0.3, -0.25) is 9.59 Å². The van der Waals surface area contributed by atoms with Crippen molar-refractivity contribution in [3.63, 3.8) is 0 Å². The molecule has 2 heterocycles. The second-order valence-corrected chi connectivity index (χ2v) is 6.06. The van der Waals surface area contributed by atoms with Gasteiger partial charge in [0.1, 0.15) is 9.71 Å². The van der Waals surface area contributed by atoms with E-state index in [9.17, 15) is 9.59 Å². The summed E-state index contributed by atoms with van der Waals surface area (Å²) in [5, 5.41) is 6.09. The zero-order valence-electron chi connectivity index (χ0n) is 12.2. The maximum Gasteiger partial charge on any atom is 0.264 e. The molecule has 6 nitrogen and oxygen atoms in total. The SMILES string of the molecule is Cc1ccnc2sc(C(=O)NCC(=O)NC(C)C)c(N)c12. The fourth-order valence-electron chi connectivity index (χ4n) is 1.99. The molecule has 0 aliphatic rings. The van der Waals surface area contributed by atoms with Crippen LogP contribution >= 0.6 is 11.3 Å². The van der Waals surface area contributed by atoms with Crippen LogP contribution < -0.4 is 16.4 Å². The molecule has 0 saturated carbocycles. The average molecular weight is 306 g/mol. The number of anilines is 1. The van der Waals surface area contributed by atoms with Crippen molar-refractivity contribution in [3.05, 3.63) is 22.7 Å². The highest BCUT2D eigenvalue weighted by Gasteiger charge is 2.18. The molecule has 112 valence electrons. The molecule has 0 saturated heterocycles. The van der Waals surface area contributed by atoms with Gasteiger partial charge in [0.25, 0.3) is 5.91 Å². The van der Waals surface area contributed by atoms with Crippen molar-refractivity contribution in [2.45, 2.75) is 26.8 Å². The van der Waals surface area contributed by atoms with Gasteiger partial charge in [-0.2, -0.15) is 0 Å². The molecular formula is C14H18N4O2S. The number of nitrogen functional groups attached to an aromatic ring is 1. The number of aromatic nitrogens is 1. The first-order valence-electron chi connectivity index (χ1n) is 6.61. The Bertz CT molecular complexity index is 694. The molecule has 0 aliphatic heterocycles. The predicted octanol–water partition coefficient (Wildman–Crippen LogP) is 1.44. The first-order valence-corrected chi connectivity index (χ1v) is 7.43. The monoisotopic (exact) mass is 306 g/mol. The molecule has 2 aromatic rings. The van der Waals surface area contributed by atoms with Gasteiger partial charge in [-0.05, 0) is 32.4 Å². The number of nitrogens with zero attached hydrogens (tertiary/aromatic N) is 1. The molecule has 0 radical (unpaired) electrons. The zero-order valence-corrected chi connectivity index (χ0v) is 13.0. The quantitative estimate of drug-likeness (QED) is 0.796. The lowest BCUT2D eigenvalue weighted by Crippen LogP contribution is -2.39. The number of rotatable bonds is 4. The van der Waals surface area contributed by atoms with E-state index in [1.165, 1.54) is 11.3 Å². The molecule has 7 heteroatoms. The minimum absolute atomic E-state index is 0.0376. The summed E-state index contributed by atoms with van der Waals surface area (Å²) in [6.45, 7) is 5.57. The average Bonchev–Trinajstić information content (AvgIpc) is 2.74. The van der Waals surface area contributed by atoms with Gasteiger partial charge in [0.15, 0.2) is 0 Å². The Morgan fingerprint density at radius 1 is 1.43 bits per heavy atom. The molecule has 2 amide bonds. The second kappa shape index (κ2) is 6.09. The minimum Gasteiger partial charge on any atom is -0.397 e. The van der Waals surface area contributed by atoms with E-state index in [1.54, 1.807) is 6.20 Å². The van der Waals surface area contributed by atoms with Crippen LogP contribution in [0.1, 0.15) is 29.1 Å². The number of carbonyl (C=O) groups is 2. The third-order valence-electron chi connectivity index (χ3n) is 2.90. The standard InChI is InChI=1S/C14H18N4O2S/c1-7(2)18-9(19)6-17-13(20)12-11(15)10-8(3)4-5-16-14(10)21-12/h4-5,7H,6,15H2,1-3H3,(H,17,20)(H,18,19). The number of nitrogens with two attached hydrogens (primary N) is 1. The normalized spacial score (nSPS) is 10.9. The summed E-state index contributed by atoms with van der Waals surface area (Å²) in [7, 11) is 0. The summed E-state index contributed by atoms with van der Waals surface area (Å²) < 4.78 is 0. The molecule has 0 bridgehead atoms. The number of thiophene rings is 1. The van der Waals surface area contributed by atoms with Gasteiger partial charge < -0.3 is 16.4 Å². The van der Waals surface area contributed by atoms with Crippen LogP contribution in [0.3, 0.4) is 0 Å². The molecule has 0 aliphatic carbocycles. The topological polar surface area (TPSA) is 97.1 Å². The highest BCUT2D eigenvalue weighted by Crippen LogP contribution is 2.33. The highest BCUT2D eigenvalue weighted by molar-refractivity contribution is 7.21. The number of pyridine rings is 1. The van der Waals surface area contributed by atoms with Crippen LogP contribution in [-0.2, 0) is 4.79 Å². The van der Waals surface area contributed by atoms with Gasteiger partial charge in [-0.1, -0.05) is 0 Å². The molecule has 2 rings (SSSR count). The van der Waals surface area contributed by atoms with Crippen molar-refractivity contribution in [1.29, 1.82) is 0 Å². The van der Waals surface area contributed by atoms with Crippen molar-refractivity contribution >= 4 is 39.1 Å². The number of carbonyl (C=O) groups excluding carboxylic acids is 2. The van der Waals surface area contributed by atoms with E-state index in [0.29, 0.717) is 10.6 Å². The number of aryl methyl sites for hydroxylation is 1. The molecule has 4 N–H and O–H groups in total.